The molecule has 1 aromatic carbocycles. The van der Waals surface area contributed by atoms with E-state index in [1.807, 2.05) is 6.07 Å². The Bertz CT molecular complexity index is 702. The van der Waals surface area contributed by atoms with Crippen molar-refractivity contribution in [3.05, 3.63) is 34.6 Å². The Morgan fingerprint density at radius 2 is 2.00 bits per heavy atom. The van der Waals surface area contributed by atoms with Gasteiger partial charge in [-0.3, -0.25) is 19.7 Å². The minimum atomic E-state index is -0.415. The third-order valence-corrected chi connectivity index (χ3v) is 5.34. The number of rotatable bonds is 4. The summed E-state index contributed by atoms with van der Waals surface area (Å²) in [7, 11) is 0. The molecule has 0 radical (unpaired) electrons. The Morgan fingerprint density at radius 1 is 1.28 bits per heavy atom. The van der Waals surface area contributed by atoms with E-state index < -0.39 is 5.82 Å². The summed E-state index contributed by atoms with van der Waals surface area (Å²) in [6.45, 7) is 1.23. The lowest BCUT2D eigenvalue weighted by molar-refractivity contribution is -0.132. The molecule has 5 nitrogen and oxygen atoms in total. The first-order valence-electron chi connectivity index (χ1n) is 8.50. The van der Waals surface area contributed by atoms with Crippen molar-refractivity contribution in [2.75, 3.05) is 13.1 Å². The van der Waals surface area contributed by atoms with E-state index in [0.29, 0.717) is 19.5 Å². The van der Waals surface area contributed by atoms with Gasteiger partial charge in [-0.2, -0.15) is 0 Å². The number of amides is 3. The zero-order chi connectivity index (χ0) is 18.0. The van der Waals surface area contributed by atoms with Gasteiger partial charge in [0.25, 0.3) is 0 Å². The van der Waals surface area contributed by atoms with Crippen molar-refractivity contribution < 1.29 is 18.8 Å². The summed E-state index contributed by atoms with van der Waals surface area (Å²) in [6, 6.07) is 4.88. The molecule has 3 amide bonds. The lowest BCUT2D eigenvalue weighted by Crippen LogP contribution is -2.38. The van der Waals surface area contributed by atoms with Crippen molar-refractivity contribution in [2.24, 2.45) is 5.92 Å². The molecule has 0 aliphatic carbocycles. The third-order valence-electron chi connectivity index (χ3n) is 5.03. The van der Waals surface area contributed by atoms with Crippen LogP contribution in [0, 0.1) is 11.7 Å². The van der Waals surface area contributed by atoms with E-state index in [-0.39, 0.29) is 47.4 Å². The van der Waals surface area contributed by atoms with E-state index in [1.165, 1.54) is 6.07 Å². The largest absolute Gasteiger partial charge is 0.343 e. The SMILES string of the molecule is O=C1C[C@H](CCC(=O)N2CCC(c3ccc(Cl)c(F)c3)CC2)C(=O)N1. The Kier molecular flexibility index (Phi) is 5.37. The molecule has 3 rings (SSSR count). The average Bonchev–Trinajstić information content (AvgIpc) is 2.93. The van der Waals surface area contributed by atoms with E-state index in [1.54, 1.807) is 11.0 Å². The summed E-state index contributed by atoms with van der Waals surface area (Å²) < 4.78 is 13.6. The molecule has 1 aromatic rings. The maximum absolute atomic E-state index is 13.6. The third kappa shape index (κ3) is 4.18. The highest BCUT2D eigenvalue weighted by atomic mass is 35.5. The maximum atomic E-state index is 13.6. The summed E-state index contributed by atoms with van der Waals surface area (Å²) in [5.74, 6) is -1.12. The van der Waals surface area contributed by atoms with Crippen molar-refractivity contribution >= 4 is 29.3 Å². The molecule has 0 saturated carbocycles. The summed E-state index contributed by atoms with van der Waals surface area (Å²) in [4.78, 5) is 36.8. The van der Waals surface area contributed by atoms with Crippen LogP contribution >= 0.6 is 11.6 Å². The minimum absolute atomic E-state index is 0.00730. The van der Waals surface area contributed by atoms with Gasteiger partial charge in [-0.25, -0.2) is 4.39 Å². The molecule has 25 heavy (non-hydrogen) atoms. The van der Waals surface area contributed by atoms with Crippen molar-refractivity contribution in [1.29, 1.82) is 0 Å². The fourth-order valence-corrected chi connectivity index (χ4v) is 3.64. The molecule has 2 aliphatic heterocycles. The van der Waals surface area contributed by atoms with Gasteiger partial charge in [-0.15, -0.1) is 0 Å². The van der Waals surface area contributed by atoms with Gasteiger partial charge in [0.1, 0.15) is 5.82 Å². The summed E-state index contributed by atoms with van der Waals surface area (Å²) >= 11 is 5.71. The molecule has 0 aromatic heterocycles. The number of likely N-dealkylation sites (tertiary alicyclic amines) is 1. The van der Waals surface area contributed by atoms with Crippen molar-refractivity contribution in [1.82, 2.24) is 10.2 Å². The van der Waals surface area contributed by atoms with E-state index in [9.17, 15) is 18.8 Å². The van der Waals surface area contributed by atoms with Gasteiger partial charge >= 0.3 is 0 Å². The second-order valence-electron chi connectivity index (χ2n) is 6.68. The number of hydrogen-bond acceptors (Lipinski definition) is 3. The topological polar surface area (TPSA) is 66.5 Å². The van der Waals surface area contributed by atoms with Crippen LogP contribution in [0.4, 0.5) is 4.39 Å². The Morgan fingerprint density at radius 3 is 2.60 bits per heavy atom. The first kappa shape index (κ1) is 17.9. The quantitative estimate of drug-likeness (QED) is 0.833. The van der Waals surface area contributed by atoms with Gasteiger partial charge < -0.3 is 4.90 Å². The molecule has 0 unspecified atom stereocenters. The van der Waals surface area contributed by atoms with E-state index in [0.717, 1.165) is 18.4 Å². The summed E-state index contributed by atoms with van der Waals surface area (Å²) in [5, 5.41) is 2.38. The number of carbonyl (C=O) groups is 3. The monoisotopic (exact) mass is 366 g/mol. The van der Waals surface area contributed by atoms with Gasteiger partial charge in [-0.05, 0) is 42.9 Å². The van der Waals surface area contributed by atoms with E-state index in [2.05, 4.69) is 5.32 Å². The number of hydrogen-bond donors (Lipinski definition) is 1. The molecule has 1 atom stereocenters. The Labute approximate surface area is 150 Å². The molecule has 0 spiro atoms. The number of carbonyl (C=O) groups excluding carboxylic acids is 3. The van der Waals surface area contributed by atoms with Crippen LogP contribution in [0.2, 0.25) is 5.02 Å². The van der Waals surface area contributed by atoms with Gasteiger partial charge in [-0.1, -0.05) is 17.7 Å². The molecule has 2 aliphatic rings. The van der Waals surface area contributed by atoms with Gasteiger partial charge in [0.05, 0.1) is 5.02 Å². The fraction of sp³-hybridized carbons (Fsp3) is 0.500. The Balaban J connectivity index is 1.48. The molecule has 2 fully saturated rings. The number of nitrogens with one attached hydrogen (secondary N) is 1. The van der Waals surface area contributed by atoms with Crippen molar-refractivity contribution in [3.63, 3.8) is 0 Å². The molecular formula is C18H20ClFN2O3. The minimum Gasteiger partial charge on any atom is -0.343 e. The van der Waals surface area contributed by atoms with E-state index >= 15 is 0 Å². The molecule has 2 heterocycles. The van der Waals surface area contributed by atoms with Gasteiger partial charge in [0.15, 0.2) is 0 Å². The van der Waals surface area contributed by atoms with Gasteiger partial charge in [0, 0.05) is 31.8 Å². The molecule has 0 bridgehead atoms. The van der Waals surface area contributed by atoms with Crippen LogP contribution in [-0.4, -0.2) is 35.7 Å². The number of nitrogens with zero attached hydrogens (tertiary/aromatic N) is 1. The van der Waals surface area contributed by atoms with Crippen LogP contribution in [0.3, 0.4) is 0 Å². The predicted octanol–water partition coefficient (Wildman–Crippen LogP) is 2.63. The van der Waals surface area contributed by atoms with E-state index in [4.69, 9.17) is 11.6 Å². The van der Waals surface area contributed by atoms with Crippen LogP contribution < -0.4 is 5.32 Å². The zero-order valence-electron chi connectivity index (χ0n) is 13.8. The zero-order valence-corrected chi connectivity index (χ0v) is 14.5. The first-order valence-corrected chi connectivity index (χ1v) is 8.88. The average molecular weight is 367 g/mol. The fourth-order valence-electron chi connectivity index (χ4n) is 3.52. The molecular weight excluding hydrogens is 347 g/mol. The smallest absolute Gasteiger partial charge is 0.230 e. The summed E-state index contributed by atoms with van der Waals surface area (Å²) in [6.07, 6.45) is 2.39. The molecule has 2 saturated heterocycles. The molecule has 1 N–H and O–H groups in total. The number of halogens is 2. The lowest BCUT2D eigenvalue weighted by Gasteiger charge is -2.32. The summed E-state index contributed by atoms with van der Waals surface area (Å²) in [5.41, 5.74) is 0.912. The lowest BCUT2D eigenvalue weighted by atomic mass is 9.89. The Hall–Kier alpha value is -1.95. The normalized spacial score (nSPS) is 21.5. The van der Waals surface area contributed by atoms with Crippen LogP contribution in [0.25, 0.3) is 0 Å². The molecule has 134 valence electrons. The van der Waals surface area contributed by atoms with Gasteiger partial charge in [0.2, 0.25) is 17.7 Å². The maximum Gasteiger partial charge on any atom is 0.230 e. The van der Waals surface area contributed by atoms with Crippen LogP contribution in [0.1, 0.15) is 43.6 Å². The predicted molar refractivity (Wildman–Crippen MR) is 90.5 cm³/mol. The first-order chi connectivity index (χ1) is 11.9. The highest BCUT2D eigenvalue weighted by Crippen LogP contribution is 2.30. The number of imide groups is 1. The van der Waals surface area contributed by atoms with Crippen LogP contribution in [0.15, 0.2) is 18.2 Å². The number of benzene rings is 1. The van der Waals surface area contributed by atoms with Crippen molar-refractivity contribution in [2.45, 2.75) is 38.0 Å². The van der Waals surface area contributed by atoms with Crippen molar-refractivity contribution in [3.8, 4) is 0 Å². The molecule has 7 heteroatoms. The van der Waals surface area contributed by atoms with Crippen LogP contribution in [-0.2, 0) is 14.4 Å². The highest BCUT2D eigenvalue weighted by molar-refractivity contribution is 6.30. The highest BCUT2D eigenvalue weighted by Gasteiger charge is 2.31. The van der Waals surface area contributed by atoms with Crippen LogP contribution in [0.5, 0.6) is 0 Å². The number of piperidine rings is 1. The second kappa shape index (κ2) is 7.52. The second-order valence-corrected chi connectivity index (χ2v) is 7.09. The standard InChI is InChI=1S/C18H20ClFN2O3/c19-14-3-1-12(9-15(14)20)11-5-7-22(8-6-11)17(24)4-2-13-10-16(23)21-18(13)25/h1,3,9,11,13H,2,4-8,10H2,(H,21,23,25)/t13-/m0/s1.